The molecule has 14 heavy (non-hydrogen) atoms. The summed E-state index contributed by atoms with van der Waals surface area (Å²) in [5, 5.41) is 2.84. The Hall–Kier alpha value is -1.10. The second-order valence-electron chi connectivity index (χ2n) is 3.57. The number of H-pyrrole nitrogens is 1. The fourth-order valence-corrected chi connectivity index (χ4v) is 1.93. The van der Waals surface area contributed by atoms with Crippen molar-refractivity contribution in [2.75, 3.05) is 0 Å². The van der Waals surface area contributed by atoms with Crippen LogP contribution in [0.1, 0.15) is 24.5 Å². The highest BCUT2D eigenvalue weighted by atomic mass is 79.9. The summed E-state index contributed by atoms with van der Waals surface area (Å²) in [6, 6.07) is 1.62. The van der Waals surface area contributed by atoms with E-state index in [9.17, 15) is 4.79 Å². The molecule has 1 N–H and O–H groups in total. The zero-order valence-electron chi connectivity index (χ0n) is 7.33. The molecule has 0 aromatic carbocycles. The molecule has 4 nitrogen and oxygen atoms in total. The maximum atomic E-state index is 11.6. The van der Waals surface area contributed by atoms with Crippen LogP contribution in [-0.2, 0) is 0 Å². The van der Waals surface area contributed by atoms with Crippen LogP contribution in [0.25, 0.3) is 5.65 Å². The number of nitrogens with one attached hydrogen (secondary N) is 1. The number of aromatic amines is 1. The first-order chi connectivity index (χ1) is 6.75. The zero-order chi connectivity index (χ0) is 9.71. The van der Waals surface area contributed by atoms with Crippen molar-refractivity contribution in [1.29, 1.82) is 0 Å². The normalized spacial score (nSPS) is 16.4. The van der Waals surface area contributed by atoms with E-state index in [0.29, 0.717) is 11.6 Å². The second-order valence-corrected chi connectivity index (χ2v) is 4.43. The SMILES string of the molecule is O=c1cc(C2CC2)nc2c(Br)c[nH]n12. The van der Waals surface area contributed by atoms with Gasteiger partial charge in [0.15, 0.2) is 5.65 Å². The van der Waals surface area contributed by atoms with Crippen LogP contribution in [0.3, 0.4) is 0 Å². The van der Waals surface area contributed by atoms with Crippen LogP contribution in [0.4, 0.5) is 0 Å². The van der Waals surface area contributed by atoms with Crippen LogP contribution in [0, 0.1) is 0 Å². The fraction of sp³-hybridized carbons (Fsp3) is 0.333. The molecule has 2 aromatic heterocycles. The third-order valence-corrected chi connectivity index (χ3v) is 3.05. The van der Waals surface area contributed by atoms with Gasteiger partial charge in [0.05, 0.1) is 10.2 Å². The topological polar surface area (TPSA) is 50.2 Å². The highest BCUT2D eigenvalue weighted by Gasteiger charge is 2.26. The average molecular weight is 254 g/mol. The Kier molecular flexibility index (Phi) is 1.58. The molecule has 2 heterocycles. The van der Waals surface area contributed by atoms with E-state index in [1.54, 1.807) is 12.3 Å². The largest absolute Gasteiger partial charge is 0.296 e. The van der Waals surface area contributed by atoms with Crippen molar-refractivity contribution >= 4 is 21.6 Å². The van der Waals surface area contributed by atoms with Crippen molar-refractivity contribution in [1.82, 2.24) is 14.6 Å². The molecular formula is C9H8BrN3O. The highest BCUT2D eigenvalue weighted by Crippen LogP contribution is 2.38. The summed E-state index contributed by atoms with van der Waals surface area (Å²) < 4.78 is 2.27. The van der Waals surface area contributed by atoms with Gasteiger partial charge < -0.3 is 0 Å². The molecule has 1 aliphatic rings. The molecule has 0 amide bonds. The standard InChI is InChI=1S/C9H8BrN3O/c10-6-4-11-13-8(14)3-7(5-1-2-5)12-9(6)13/h3-5,11H,1-2H2. The lowest BCUT2D eigenvalue weighted by molar-refractivity contribution is 0.873. The van der Waals surface area contributed by atoms with Gasteiger partial charge >= 0.3 is 0 Å². The third kappa shape index (κ3) is 1.12. The smallest absolute Gasteiger partial charge is 0.272 e. The molecule has 72 valence electrons. The molecule has 0 atom stereocenters. The minimum atomic E-state index is -0.0393. The lowest BCUT2D eigenvalue weighted by atomic mass is 10.3. The minimum Gasteiger partial charge on any atom is -0.296 e. The van der Waals surface area contributed by atoms with Crippen molar-refractivity contribution in [2.45, 2.75) is 18.8 Å². The first kappa shape index (κ1) is 8.23. The Morgan fingerprint density at radius 2 is 2.36 bits per heavy atom. The summed E-state index contributed by atoms with van der Waals surface area (Å²) >= 11 is 3.35. The van der Waals surface area contributed by atoms with Gasteiger partial charge in [-0.1, -0.05) is 0 Å². The predicted octanol–water partition coefficient (Wildman–Crippen LogP) is 1.66. The number of nitrogens with zero attached hydrogens (tertiary/aromatic N) is 2. The first-order valence-electron chi connectivity index (χ1n) is 4.52. The molecule has 0 bridgehead atoms. The molecule has 1 fully saturated rings. The van der Waals surface area contributed by atoms with Gasteiger partial charge in [-0.25, -0.2) is 9.50 Å². The van der Waals surface area contributed by atoms with Gasteiger partial charge in [0, 0.05) is 18.2 Å². The van der Waals surface area contributed by atoms with Crippen molar-refractivity contribution < 1.29 is 0 Å². The summed E-state index contributed by atoms with van der Waals surface area (Å²) in [4.78, 5) is 16.1. The molecule has 1 saturated carbocycles. The van der Waals surface area contributed by atoms with E-state index in [0.717, 1.165) is 23.0 Å². The van der Waals surface area contributed by atoms with Crippen LogP contribution in [0.2, 0.25) is 0 Å². The average Bonchev–Trinajstić information content (AvgIpc) is 2.93. The predicted molar refractivity (Wildman–Crippen MR) is 55.5 cm³/mol. The Morgan fingerprint density at radius 1 is 1.57 bits per heavy atom. The zero-order valence-corrected chi connectivity index (χ0v) is 8.91. The minimum absolute atomic E-state index is 0.0393. The number of rotatable bonds is 1. The van der Waals surface area contributed by atoms with Gasteiger partial charge in [-0.3, -0.25) is 9.89 Å². The van der Waals surface area contributed by atoms with Crippen LogP contribution in [0.5, 0.6) is 0 Å². The van der Waals surface area contributed by atoms with E-state index in [-0.39, 0.29) is 5.56 Å². The molecule has 3 rings (SSSR count). The van der Waals surface area contributed by atoms with E-state index in [2.05, 4.69) is 26.0 Å². The Balaban J connectivity index is 2.36. The van der Waals surface area contributed by atoms with Gasteiger partial charge in [0.2, 0.25) is 0 Å². The molecule has 0 aliphatic heterocycles. The van der Waals surface area contributed by atoms with Crippen molar-refractivity contribution in [3.8, 4) is 0 Å². The maximum Gasteiger partial charge on any atom is 0.272 e. The molecule has 0 unspecified atom stereocenters. The molecule has 0 radical (unpaired) electrons. The first-order valence-corrected chi connectivity index (χ1v) is 5.31. The number of hydrogen-bond acceptors (Lipinski definition) is 2. The monoisotopic (exact) mass is 253 g/mol. The quantitative estimate of drug-likeness (QED) is 0.841. The van der Waals surface area contributed by atoms with Crippen LogP contribution in [0.15, 0.2) is 21.5 Å². The molecule has 2 aromatic rings. The summed E-state index contributed by atoms with van der Waals surface area (Å²) in [5.41, 5.74) is 1.57. The number of hydrogen-bond donors (Lipinski definition) is 1. The lowest BCUT2D eigenvalue weighted by Gasteiger charge is -1.97. The number of fused-ring (bicyclic) bond motifs is 1. The van der Waals surface area contributed by atoms with E-state index in [1.807, 2.05) is 0 Å². The van der Waals surface area contributed by atoms with E-state index in [1.165, 1.54) is 4.52 Å². The van der Waals surface area contributed by atoms with Crippen molar-refractivity contribution in [3.63, 3.8) is 0 Å². The summed E-state index contributed by atoms with van der Waals surface area (Å²) in [6.07, 6.45) is 4.04. The summed E-state index contributed by atoms with van der Waals surface area (Å²) in [5.74, 6) is 0.509. The molecule has 0 saturated heterocycles. The van der Waals surface area contributed by atoms with Gasteiger partial charge in [0.1, 0.15) is 0 Å². The molecular weight excluding hydrogens is 246 g/mol. The molecule has 5 heteroatoms. The van der Waals surface area contributed by atoms with Crippen molar-refractivity contribution in [2.24, 2.45) is 0 Å². The van der Waals surface area contributed by atoms with Gasteiger partial charge in [-0.05, 0) is 28.8 Å². The van der Waals surface area contributed by atoms with Crippen LogP contribution >= 0.6 is 15.9 Å². The fourth-order valence-electron chi connectivity index (χ4n) is 1.56. The Morgan fingerprint density at radius 3 is 3.07 bits per heavy atom. The van der Waals surface area contributed by atoms with E-state index < -0.39 is 0 Å². The van der Waals surface area contributed by atoms with Gasteiger partial charge in [0.25, 0.3) is 5.56 Å². The Bertz CT molecular complexity index is 553. The third-order valence-electron chi connectivity index (χ3n) is 2.47. The summed E-state index contributed by atoms with van der Waals surface area (Å²) in [7, 11) is 0. The molecule has 1 aliphatic carbocycles. The van der Waals surface area contributed by atoms with Crippen molar-refractivity contribution in [3.05, 3.63) is 32.8 Å². The summed E-state index contributed by atoms with van der Waals surface area (Å²) in [6.45, 7) is 0. The lowest BCUT2D eigenvalue weighted by Crippen LogP contribution is -2.15. The second kappa shape index (κ2) is 2.70. The highest BCUT2D eigenvalue weighted by molar-refractivity contribution is 9.10. The molecule has 0 spiro atoms. The van der Waals surface area contributed by atoms with Gasteiger partial charge in [-0.15, -0.1) is 0 Å². The van der Waals surface area contributed by atoms with Gasteiger partial charge in [-0.2, -0.15) is 0 Å². The van der Waals surface area contributed by atoms with Crippen LogP contribution < -0.4 is 5.56 Å². The van der Waals surface area contributed by atoms with E-state index in [4.69, 9.17) is 0 Å². The van der Waals surface area contributed by atoms with Crippen LogP contribution in [-0.4, -0.2) is 14.6 Å². The van der Waals surface area contributed by atoms with E-state index >= 15 is 0 Å². The maximum absolute atomic E-state index is 11.6. The number of halogens is 1. The Labute approximate surface area is 88.1 Å². The number of aromatic nitrogens is 3.